The molecule has 12 heavy (non-hydrogen) atoms. The zero-order chi connectivity index (χ0) is 9.23. The minimum atomic E-state index is 0.318. The normalized spacial score (nSPS) is 12.8. The average molecular weight is 170 g/mol. The van der Waals surface area contributed by atoms with Gasteiger partial charge in [0, 0.05) is 6.61 Å². The number of hydrogen-bond donors (Lipinski definition) is 1. The maximum absolute atomic E-state index is 8.97. The molecule has 0 radical (unpaired) electrons. The first kappa shape index (κ1) is 11.7. The number of hydrogen-bond acceptors (Lipinski definition) is 1. The number of aliphatic hydroxyl groups is 1. The van der Waals surface area contributed by atoms with Crippen LogP contribution >= 0.6 is 0 Å². The van der Waals surface area contributed by atoms with Gasteiger partial charge in [-0.1, -0.05) is 38.7 Å². The minimum Gasteiger partial charge on any atom is -0.396 e. The first-order valence-electron chi connectivity index (χ1n) is 5.06. The maximum atomic E-state index is 8.97. The van der Waals surface area contributed by atoms with Crippen molar-refractivity contribution in [3.05, 3.63) is 12.7 Å². The van der Waals surface area contributed by atoms with Crippen LogP contribution in [-0.4, -0.2) is 11.7 Å². The maximum Gasteiger partial charge on any atom is 0.0462 e. The van der Waals surface area contributed by atoms with E-state index >= 15 is 0 Å². The van der Waals surface area contributed by atoms with Crippen molar-refractivity contribution in [2.45, 2.75) is 45.4 Å². The van der Waals surface area contributed by atoms with Crippen molar-refractivity contribution in [3.63, 3.8) is 0 Å². The molecule has 0 aliphatic carbocycles. The molecule has 0 amide bonds. The van der Waals surface area contributed by atoms with E-state index in [4.69, 9.17) is 5.11 Å². The van der Waals surface area contributed by atoms with Crippen LogP contribution in [0.5, 0.6) is 0 Å². The summed E-state index contributed by atoms with van der Waals surface area (Å²) in [7, 11) is 0. The second kappa shape index (κ2) is 8.79. The molecule has 0 bridgehead atoms. The predicted octanol–water partition coefficient (Wildman–Crippen LogP) is 3.14. The van der Waals surface area contributed by atoms with E-state index in [2.05, 4.69) is 13.5 Å². The molecular weight excluding hydrogens is 148 g/mol. The summed E-state index contributed by atoms with van der Waals surface area (Å²) in [5.41, 5.74) is 0. The van der Waals surface area contributed by atoms with Gasteiger partial charge in [0.2, 0.25) is 0 Å². The molecule has 1 heteroatoms. The summed E-state index contributed by atoms with van der Waals surface area (Å²) in [6.45, 7) is 6.21. The first-order valence-corrected chi connectivity index (χ1v) is 5.06. The summed E-state index contributed by atoms with van der Waals surface area (Å²) in [5, 5.41) is 8.97. The Morgan fingerprint density at radius 3 is 2.58 bits per heavy atom. The Kier molecular flexibility index (Phi) is 8.57. The summed E-state index contributed by atoms with van der Waals surface area (Å²) in [5.74, 6) is 0.458. The fourth-order valence-corrected chi connectivity index (χ4v) is 1.38. The Balaban J connectivity index is 3.25. The topological polar surface area (TPSA) is 20.2 Å². The van der Waals surface area contributed by atoms with Gasteiger partial charge in [-0.3, -0.25) is 0 Å². The number of aliphatic hydroxyl groups excluding tert-OH is 1. The van der Waals surface area contributed by atoms with E-state index in [9.17, 15) is 0 Å². The van der Waals surface area contributed by atoms with E-state index < -0.39 is 0 Å². The zero-order valence-electron chi connectivity index (χ0n) is 8.26. The van der Waals surface area contributed by atoms with Gasteiger partial charge in [0.1, 0.15) is 0 Å². The molecule has 1 nitrogen and oxygen atoms in total. The van der Waals surface area contributed by atoms with Gasteiger partial charge in [-0.15, -0.1) is 6.58 Å². The lowest BCUT2D eigenvalue weighted by Gasteiger charge is -2.10. The van der Waals surface area contributed by atoms with Crippen molar-refractivity contribution < 1.29 is 5.11 Å². The number of unbranched alkanes of at least 4 members (excludes halogenated alkanes) is 3. The summed E-state index contributed by atoms with van der Waals surface area (Å²) in [4.78, 5) is 0. The Morgan fingerprint density at radius 2 is 2.08 bits per heavy atom. The SMILES string of the molecule is C=CCC(CO)CCCCCC. The monoisotopic (exact) mass is 170 g/mol. The van der Waals surface area contributed by atoms with Gasteiger partial charge in [-0.05, 0) is 18.8 Å². The average Bonchev–Trinajstić information content (AvgIpc) is 2.10. The molecular formula is C11H22O. The molecule has 0 spiro atoms. The van der Waals surface area contributed by atoms with Crippen molar-refractivity contribution >= 4 is 0 Å². The third kappa shape index (κ3) is 6.41. The second-order valence-electron chi connectivity index (χ2n) is 3.42. The number of rotatable bonds is 8. The lowest BCUT2D eigenvalue weighted by molar-refractivity contribution is 0.217. The van der Waals surface area contributed by atoms with Crippen molar-refractivity contribution in [2.75, 3.05) is 6.61 Å². The van der Waals surface area contributed by atoms with Gasteiger partial charge in [0.15, 0.2) is 0 Å². The van der Waals surface area contributed by atoms with Crippen LogP contribution in [0.4, 0.5) is 0 Å². The highest BCUT2D eigenvalue weighted by Crippen LogP contribution is 2.13. The van der Waals surface area contributed by atoms with Gasteiger partial charge < -0.3 is 5.11 Å². The van der Waals surface area contributed by atoms with Crippen LogP contribution in [0.2, 0.25) is 0 Å². The highest BCUT2D eigenvalue weighted by Gasteiger charge is 2.03. The highest BCUT2D eigenvalue weighted by molar-refractivity contribution is 4.72. The van der Waals surface area contributed by atoms with Gasteiger partial charge >= 0.3 is 0 Å². The molecule has 0 aliphatic rings. The predicted molar refractivity (Wildman–Crippen MR) is 54.1 cm³/mol. The Bertz CT molecular complexity index is 99.2. The fraction of sp³-hybridized carbons (Fsp3) is 0.818. The molecule has 0 aromatic carbocycles. The third-order valence-electron chi connectivity index (χ3n) is 2.22. The van der Waals surface area contributed by atoms with E-state index in [1.165, 1.54) is 25.7 Å². The number of allylic oxidation sites excluding steroid dienone is 1. The smallest absolute Gasteiger partial charge is 0.0462 e. The van der Waals surface area contributed by atoms with Crippen LogP contribution in [-0.2, 0) is 0 Å². The van der Waals surface area contributed by atoms with Crippen LogP contribution in [0.3, 0.4) is 0 Å². The van der Waals surface area contributed by atoms with Gasteiger partial charge in [0.05, 0.1) is 0 Å². The van der Waals surface area contributed by atoms with E-state index in [-0.39, 0.29) is 0 Å². The fourth-order valence-electron chi connectivity index (χ4n) is 1.38. The molecule has 1 N–H and O–H groups in total. The van der Waals surface area contributed by atoms with Crippen molar-refractivity contribution in [1.29, 1.82) is 0 Å². The standard InChI is InChI=1S/C11H22O/c1-3-5-6-7-9-11(10-12)8-4-2/h4,11-12H,2-3,5-10H2,1H3. The van der Waals surface area contributed by atoms with Crippen LogP contribution in [0.15, 0.2) is 12.7 Å². The molecule has 0 saturated carbocycles. The summed E-state index contributed by atoms with van der Waals surface area (Å²) < 4.78 is 0. The van der Waals surface area contributed by atoms with Crippen LogP contribution < -0.4 is 0 Å². The van der Waals surface area contributed by atoms with Gasteiger partial charge in [-0.25, -0.2) is 0 Å². The molecule has 72 valence electrons. The molecule has 0 heterocycles. The van der Waals surface area contributed by atoms with Crippen LogP contribution in [0.1, 0.15) is 45.4 Å². The lowest BCUT2D eigenvalue weighted by atomic mass is 9.98. The van der Waals surface area contributed by atoms with Crippen LogP contribution in [0, 0.1) is 5.92 Å². The van der Waals surface area contributed by atoms with E-state index in [1.807, 2.05) is 6.08 Å². The second-order valence-corrected chi connectivity index (χ2v) is 3.42. The molecule has 0 aliphatic heterocycles. The molecule has 0 aromatic rings. The van der Waals surface area contributed by atoms with Gasteiger partial charge in [0.25, 0.3) is 0 Å². The molecule has 0 aromatic heterocycles. The Morgan fingerprint density at radius 1 is 1.33 bits per heavy atom. The van der Waals surface area contributed by atoms with E-state index in [0.717, 1.165) is 12.8 Å². The molecule has 1 unspecified atom stereocenters. The molecule has 0 rings (SSSR count). The summed E-state index contributed by atoms with van der Waals surface area (Å²) in [6.07, 6.45) is 9.19. The largest absolute Gasteiger partial charge is 0.396 e. The lowest BCUT2D eigenvalue weighted by Crippen LogP contribution is -2.04. The molecule has 0 saturated heterocycles. The minimum absolute atomic E-state index is 0.318. The van der Waals surface area contributed by atoms with E-state index in [1.54, 1.807) is 0 Å². The first-order chi connectivity index (χ1) is 5.85. The Hall–Kier alpha value is -0.300. The molecule has 1 atom stereocenters. The van der Waals surface area contributed by atoms with Crippen molar-refractivity contribution in [2.24, 2.45) is 5.92 Å². The van der Waals surface area contributed by atoms with Crippen LogP contribution in [0.25, 0.3) is 0 Å². The van der Waals surface area contributed by atoms with E-state index in [0.29, 0.717) is 12.5 Å². The van der Waals surface area contributed by atoms with Crippen molar-refractivity contribution in [1.82, 2.24) is 0 Å². The quantitative estimate of drug-likeness (QED) is 0.438. The third-order valence-corrected chi connectivity index (χ3v) is 2.22. The van der Waals surface area contributed by atoms with Crippen molar-refractivity contribution in [3.8, 4) is 0 Å². The highest BCUT2D eigenvalue weighted by atomic mass is 16.3. The zero-order valence-corrected chi connectivity index (χ0v) is 8.26. The summed E-state index contributed by atoms with van der Waals surface area (Å²) >= 11 is 0. The van der Waals surface area contributed by atoms with Gasteiger partial charge in [-0.2, -0.15) is 0 Å². The summed E-state index contributed by atoms with van der Waals surface area (Å²) in [6, 6.07) is 0. The molecule has 0 fully saturated rings. The Labute approximate surface area is 76.5 Å².